The van der Waals surface area contributed by atoms with Crippen LogP contribution < -0.4 is 34.5 Å². The van der Waals surface area contributed by atoms with Crippen LogP contribution in [0.15, 0.2) is 47.0 Å². The molecule has 0 saturated carbocycles. The average Bonchev–Trinajstić information content (AvgIpc) is 3.61. The van der Waals surface area contributed by atoms with Crippen molar-refractivity contribution in [3.05, 3.63) is 53.8 Å². The van der Waals surface area contributed by atoms with Gasteiger partial charge in [-0.3, -0.25) is 19.3 Å². The van der Waals surface area contributed by atoms with Gasteiger partial charge in [-0.2, -0.15) is 0 Å². The van der Waals surface area contributed by atoms with E-state index in [0.717, 1.165) is 0 Å². The van der Waals surface area contributed by atoms with Gasteiger partial charge in [0.25, 0.3) is 0 Å². The summed E-state index contributed by atoms with van der Waals surface area (Å²) in [6.07, 6.45) is 0.251. The van der Waals surface area contributed by atoms with Crippen LogP contribution >= 0.6 is 0 Å². The van der Waals surface area contributed by atoms with Crippen LogP contribution in [-0.4, -0.2) is 49.4 Å². The van der Waals surface area contributed by atoms with Crippen LogP contribution in [0.1, 0.15) is 57.4 Å². The van der Waals surface area contributed by atoms with Crippen molar-refractivity contribution in [1.29, 1.82) is 0 Å². The number of fused-ring (bicyclic) bond motifs is 1. The summed E-state index contributed by atoms with van der Waals surface area (Å²) < 4.78 is 27.2. The van der Waals surface area contributed by atoms with Crippen molar-refractivity contribution in [1.82, 2.24) is 10.5 Å². The molecule has 1 aromatic heterocycles. The van der Waals surface area contributed by atoms with E-state index >= 15 is 0 Å². The zero-order valence-electron chi connectivity index (χ0n) is 24.6. The molecule has 12 heteroatoms. The Morgan fingerprint density at radius 1 is 1.05 bits per heavy atom. The smallest absolute Gasteiger partial charge is 0.248 e. The van der Waals surface area contributed by atoms with Gasteiger partial charge in [0.1, 0.15) is 11.8 Å². The Hall–Kier alpha value is -4.74. The summed E-state index contributed by atoms with van der Waals surface area (Å²) in [7, 11) is 2.96. The minimum atomic E-state index is -1.20. The number of hydrogen-bond acceptors (Lipinski definition) is 9. The SMILES string of the molecule is CCC(C)(C)NC(=O)C(c1cccc(OC)c1OC)N(C(=O)CCC(=O)Nc1cc(C)on1)c1ccc2c(c1)OCO2. The van der Waals surface area contributed by atoms with E-state index < -0.39 is 29.3 Å². The van der Waals surface area contributed by atoms with E-state index in [0.29, 0.717) is 46.4 Å². The summed E-state index contributed by atoms with van der Waals surface area (Å²) in [5.74, 6) is 1.05. The number of nitrogens with zero attached hydrogens (tertiary/aromatic N) is 2. The number of carbonyl (C=O) groups is 3. The minimum absolute atomic E-state index is 0.0345. The molecule has 3 aromatic rings. The molecule has 1 aliphatic heterocycles. The summed E-state index contributed by atoms with van der Waals surface area (Å²) in [4.78, 5) is 42.3. The molecule has 0 saturated heterocycles. The van der Waals surface area contributed by atoms with Crippen molar-refractivity contribution in [2.24, 2.45) is 0 Å². The monoisotopic (exact) mass is 580 g/mol. The van der Waals surface area contributed by atoms with Crippen LogP contribution in [0.25, 0.3) is 0 Å². The highest BCUT2D eigenvalue weighted by molar-refractivity contribution is 6.03. The Morgan fingerprint density at radius 2 is 1.81 bits per heavy atom. The molecule has 2 aromatic carbocycles. The molecular weight excluding hydrogens is 544 g/mol. The average molecular weight is 581 g/mol. The molecule has 0 aliphatic carbocycles. The van der Waals surface area contributed by atoms with Gasteiger partial charge in [0.2, 0.25) is 24.5 Å². The van der Waals surface area contributed by atoms with E-state index in [1.807, 2.05) is 20.8 Å². The summed E-state index contributed by atoms with van der Waals surface area (Å²) in [5.41, 5.74) is 0.187. The first-order valence-electron chi connectivity index (χ1n) is 13.5. The lowest BCUT2D eigenvalue weighted by atomic mass is 9.97. The van der Waals surface area contributed by atoms with Gasteiger partial charge >= 0.3 is 0 Å². The van der Waals surface area contributed by atoms with Crippen molar-refractivity contribution in [2.45, 2.75) is 58.5 Å². The van der Waals surface area contributed by atoms with Gasteiger partial charge in [-0.1, -0.05) is 24.2 Å². The number of para-hydroxylation sites is 1. The number of rotatable bonds is 12. The van der Waals surface area contributed by atoms with Crippen molar-refractivity contribution in [2.75, 3.05) is 31.2 Å². The largest absolute Gasteiger partial charge is 0.493 e. The van der Waals surface area contributed by atoms with Crippen LogP contribution in [0.4, 0.5) is 11.5 Å². The Morgan fingerprint density at radius 3 is 2.48 bits per heavy atom. The molecule has 0 spiro atoms. The van der Waals surface area contributed by atoms with Gasteiger partial charge in [-0.25, -0.2) is 0 Å². The first-order valence-corrected chi connectivity index (χ1v) is 13.5. The number of hydrogen-bond donors (Lipinski definition) is 2. The Labute approximate surface area is 244 Å². The molecule has 0 fully saturated rings. The Bertz CT molecular complexity index is 1450. The van der Waals surface area contributed by atoms with Crippen molar-refractivity contribution in [3.63, 3.8) is 0 Å². The Kier molecular flexibility index (Phi) is 9.24. The number of benzene rings is 2. The summed E-state index contributed by atoms with van der Waals surface area (Å²) in [5, 5.41) is 9.45. The number of anilines is 2. The molecule has 2 N–H and O–H groups in total. The molecule has 12 nitrogen and oxygen atoms in total. The third-order valence-corrected chi connectivity index (χ3v) is 6.94. The summed E-state index contributed by atoms with van der Waals surface area (Å²) in [6.45, 7) is 7.48. The number of methoxy groups -OCH3 is 2. The standard InChI is InChI=1S/C30H36N4O8/c1-7-30(3,4)32-29(37)27(20-9-8-10-22(38-5)28(20)39-6)34(19-11-12-21-23(16-19)41-17-40-21)26(36)14-13-25(35)31-24-15-18(2)42-33-24/h8-12,15-16,27H,7,13-14,17H2,1-6H3,(H,32,37)(H,31,33,35). The molecule has 1 unspecified atom stereocenters. The third kappa shape index (κ3) is 6.76. The maximum Gasteiger partial charge on any atom is 0.248 e. The molecular formula is C30H36N4O8. The van der Waals surface area contributed by atoms with Gasteiger partial charge < -0.3 is 34.1 Å². The molecule has 224 valence electrons. The van der Waals surface area contributed by atoms with Gasteiger partial charge in [-0.05, 0) is 45.4 Å². The van der Waals surface area contributed by atoms with Crippen LogP contribution in [-0.2, 0) is 14.4 Å². The molecule has 1 aliphatic rings. The van der Waals surface area contributed by atoms with Crippen LogP contribution in [0.3, 0.4) is 0 Å². The fourth-order valence-electron chi connectivity index (χ4n) is 4.46. The highest BCUT2D eigenvalue weighted by Gasteiger charge is 2.38. The molecule has 4 rings (SSSR count). The topological polar surface area (TPSA) is 141 Å². The lowest BCUT2D eigenvalue weighted by Crippen LogP contribution is -2.50. The number of amides is 3. The lowest BCUT2D eigenvalue weighted by molar-refractivity contribution is -0.128. The molecule has 2 heterocycles. The highest BCUT2D eigenvalue weighted by Crippen LogP contribution is 2.42. The maximum absolute atomic E-state index is 14.2. The lowest BCUT2D eigenvalue weighted by Gasteiger charge is -2.35. The van der Waals surface area contributed by atoms with Crippen molar-refractivity contribution < 1.29 is 37.9 Å². The second-order valence-corrected chi connectivity index (χ2v) is 10.4. The molecule has 1 atom stereocenters. The number of aromatic nitrogens is 1. The van der Waals surface area contributed by atoms with E-state index in [4.69, 9.17) is 23.5 Å². The zero-order chi connectivity index (χ0) is 30.4. The first kappa shape index (κ1) is 30.2. The highest BCUT2D eigenvalue weighted by atomic mass is 16.7. The first-order chi connectivity index (χ1) is 20.1. The fraction of sp³-hybridized carbons (Fsp3) is 0.400. The van der Waals surface area contributed by atoms with Gasteiger partial charge in [0.15, 0.2) is 28.8 Å². The quantitative estimate of drug-likeness (QED) is 0.316. The molecule has 0 bridgehead atoms. The molecule has 3 amide bonds. The number of aryl methyl sites for hydroxylation is 1. The summed E-state index contributed by atoms with van der Waals surface area (Å²) in [6, 6.07) is 10.5. The normalized spacial score (nSPS) is 12.8. The van der Waals surface area contributed by atoms with E-state index in [-0.39, 0.29) is 25.5 Å². The minimum Gasteiger partial charge on any atom is -0.493 e. The van der Waals surface area contributed by atoms with Crippen LogP contribution in [0.2, 0.25) is 0 Å². The summed E-state index contributed by atoms with van der Waals surface area (Å²) >= 11 is 0. The second-order valence-electron chi connectivity index (χ2n) is 10.4. The third-order valence-electron chi connectivity index (χ3n) is 6.94. The fourth-order valence-corrected chi connectivity index (χ4v) is 4.46. The maximum atomic E-state index is 14.2. The Balaban J connectivity index is 1.77. The van der Waals surface area contributed by atoms with E-state index in [9.17, 15) is 14.4 Å². The number of nitrogens with one attached hydrogen (secondary N) is 2. The number of carbonyl (C=O) groups excluding carboxylic acids is 3. The van der Waals surface area contributed by atoms with E-state index in [2.05, 4.69) is 15.8 Å². The van der Waals surface area contributed by atoms with Crippen LogP contribution in [0, 0.1) is 6.92 Å². The molecule has 0 radical (unpaired) electrons. The van der Waals surface area contributed by atoms with E-state index in [1.54, 1.807) is 49.4 Å². The van der Waals surface area contributed by atoms with Gasteiger partial charge in [0.05, 0.1) is 14.2 Å². The van der Waals surface area contributed by atoms with Gasteiger partial charge in [0, 0.05) is 41.8 Å². The predicted octanol–water partition coefficient (Wildman–Crippen LogP) is 4.53. The van der Waals surface area contributed by atoms with E-state index in [1.165, 1.54) is 19.1 Å². The van der Waals surface area contributed by atoms with Crippen LogP contribution in [0.5, 0.6) is 23.0 Å². The van der Waals surface area contributed by atoms with Crippen molar-refractivity contribution in [3.8, 4) is 23.0 Å². The zero-order valence-corrected chi connectivity index (χ0v) is 24.6. The van der Waals surface area contributed by atoms with Crippen molar-refractivity contribution >= 4 is 29.2 Å². The molecule has 42 heavy (non-hydrogen) atoms. The predicted molar refractivity (Wildman–Crippen MR) is 154 cm³/mol. The second kappa shape index (κ2) is 12.8. The number of ether oxygens (including phenoxy) is 4. The van der Waals surface area contributed by atoms with Gasteiger partial charge in [-0.15, -0.1) is 0 Å².